The molecule has 1 aromatic rings. The molecule has 7 heteroatoms. The third-order valence-corrected chi connectivity index (χ3v) is 4.66. The van der Waals surface area contributed by atoms with Crippen molar-refractivity contribution in [3.8, 4) is 0 Å². The summed E-state index contributed by atoms with van der Waals surface area (Å²) in [5.74, 6) is 0.191. The molecule has 0 saturated heterocycles. The van der Waals surface area contributed by atoms with Gasteiger partial charge in [0.05, 0.1) is 0 Å². The highest BCUT2D eigenvalue weighted by Gasteiger charge is 2.37. The van der Waals surface area contributed by atoms with Gasteiger partial charge >= 0.3 is 5.97 Å². The quantitative estimate of drug-likeness (QED) is 0.533. The Kier molecular flexibility index (Phi) is 5.04. The van der Waals surface area contributed by atoms with Crippen LogP contribution in [0.2, 0.25) is 0 Å². The Bertz CT molecular complexity index is 461. The lowest BCUT2D eigenvalue weighted by atomic mass is 9.95. The van der Waals surface area contributed by atoms with Crippen LogP contribution in [-0.2, 0) is 11.8 Å². The smallest absolute Gasteiger partial charge is 0.323 e. The fourth-order valence-electron chi connectivity index (χ4n) is 2.07. The van der Waals surface area contributed by atoms with Crippen LogP contribution in [-0.4, -0.2) is 43.2 Å². The van der Waals surface area contributed by atoms with Gasteiger partial charge in [0.15, 0.2) is 5.16 Å². The molecule has 1 heterocycles. The largest absolute Gasteiger partial charge is 0.480 e. The van der Waals surface area contributed by atoms with Crippen molar-refractivity contribution in [3.63, 3.8) is 0 Å². The maximum atomic E-state index is 11.4. The highest BCUT2D eigenvalue weighted by molar-refractivity contribution is 7.99. The van der Waals surface area contributed by atoms with Crippen LogP contribution in [0.5, 0.6) is 0 Å². The molecule has 1 fully saturated rings. The number of carboxylic acids is 1. The van der Waals surface area contributed by atoms with Crippen molar-refractivity contribution in [1.82, 2.24) is 20.1 Å². The number of carboxylic acid groups (broad SMARTS) is 1. The van der Waals surface area contributed by atoms with E-state index in [1.54, 1.807) is 25.0 Å². The number of nitrogens with one attached hydrogen (secondary N) is 1. The zero-order chi connectivity index (χ0) is 14.6. The molecule has 1 aromatic heterocycles. The first-order chi connectivity index (χ1) is 9.51. The summed E-state index contributed by atoms with van der Waals surface area (Å²) in [6, 6.07) is 0.407. The number of hydrogen-bond donors (Lipinski definition) is 2. The predicted molar refractivity (Wildman–Crippen MR) is 77.8 cm³/mol. The maximum Gasteiger partial charge on any atom is 0.323 e. The second kappa shape index (κ2) is 6.58. The van der Waals surface area contributed by atoms with Gasteiger partial charge in [-0.15, -0.1) is 10.2 Å². The van der Waals surface area contributed by atoms with Gasteiger partial charge in [-0.2, -0.15) is 0 Å². The number of aryl methyl sites for hydroxylation is 1. The molecular weight excluding hydrogens is 276 g/mol. The van der Waals surface area contributed by atoms with E-state index < -0.39 is 11.5 Å². The van der Waals surface area contributed by atoms with E-state index in [-0.39, 0.29) is 0 Å². The van der Waals surface area contributed by atoms with E-state index in [1.165, 1.54) is 0 Å². The number of carbonyl (C=O) groups is 1. The van der Waals surface area contributed by atoms with Crippen LogP contribution in [0.25, 0.3) is 0 Å². The average molecular weight is 298 g/mol. The van der Waals surface area contributed by atoms with E-state index in [2.05, 4.69) is 15.5 Å². The van der Waals surface area contributed by atoms with Crippen LogP contribution >= 0.6 is 11.8 Å². The van der Waals surface area contributed by atoms with Crippen molar-refractivity contribution in [2.75, 3.05) is 5.75 Å². The van der Waals surface area contributed by atoms with E-state index in [0.29, 0.717) is 12.5 Å². The normalized spacial score (nSPS) is 17.9. The molecular formula is C13H22N4O2S. The van der Waals surface area contributed by atoms with Crippen LogP contribution < -0.4 is 5.32 Å². The Balaban J connectivity index is 1.68. The molecule has 1 saturated carbocycles. The lowest BCUT2D eigenvalue weighted by Gasteiger charge is -2.26. The van der Waals surface area contributed by atoms with Crippen molar-refractivity contribution in [3.05, 3.63) is 6.33 Å². The number of aliphatic carboxylic acids is 1. The molecule has 0 aliphatic heterocycles. The summed E-state index contributed by atoms with van der Waals surface area (Å²) in [6.07, 6.45) is 6.43. The molecule has 20 heavy (non-hydrogen) atoms. The number of nitrogens with zero attached hydrogens (tertiary/aromatic N) is 3. The lowest BCUT2D eigenvalue weighted by Crippen LogP contribution is -2.50. The topological polar surface area (TPSA) is 80.0 Å². The number of thioether (sulfide) groups is 1. The van der Waals surface area contributed by atoms with Crippen molar-refractivity contribution < 1.29 is 9.90 Å². The lowest BCUT2D eigenvalue weighted by molar-refractivity contribution is -0.144. The summed E-state index contributed by atoms with van der Waals surface area (Å²) in [5, 5.41) is 21.3. The van der Waals surface area contributed by atoms with Gasteiger partial charge in [0.2, 0.25) is 0 Å². The van der Waals surface area contributed by atoms with Crippen LogP contribution in [0.4, 0.5) is 0 Å². The fraction of sp³-hybridized carbons (Fsp3) is 0.769. The van der Waals surface area contributed by atoms with Gasteiger partial charge in [0, 0.05) is 18.8 Å². The minimum absolute atomic E-state index is 0.407. The van der Waals surface area contributed by atoms with Gasteiger partial charge in [-0.1, -0.05) is 18.2 Å². The first-order valence-corrected chi connectivity index (χ1v) is 7.98. The van der Waals surface area contributed by atoms with Gasteiger partial charge < -0.3 is 9.67 Å². The predicted octanol–water partition coefficient (Wildman–Crippen LogP) is 1.67. The molecule has 0 spiro atoms. The summed E-state index contributed by atoms with van der Waals surface area (Å²) in [4.78, 5) is 11.4. The molecule has 1 unspecified atom stereocenters. The first kappa shape index (κ1) is 15.3. The summed E-state index contributed by atoms with van der Waals surface area (Å²) in [6.45, 7) is 1.80. The Labute approximate surface area is 123 Å². The first-order valence-electron chi connectivity index (χ1n) is 6.99. The third-order valence-electron chi connectivity index (χ3n) is 3.54. The third kappa shape index (κ3) is 4.21. The second-order valence-corrected chi connectivity index (χ2v) is 6.65. The minimum Gasteiger partial charge on any atom is -0.480 e. The van der Waals surface area contributed by atoms with Crippen LogP contribution in [0, 0.1) is 0 Å². The van der Waals surface area contributed by atoms with Gasteiger partial charge in [0.25, 0.3) is 0 Å². The van der Waals surface area contributed by atoms with E-state index in [4.69, 9.17) is 0 Å². The van der Waals surface area contributed by atoms with Crippen molar-refractivity contribution >= 4 is 17.7 Å². The van der Waals surface area contributed by atoms with Crippen molar-refractivity contribution in [2.45, 2.75) is 55.8 Å². The molecule has 112 valence electrons. The minimum atomic E-state index is -0.781. The Hall–Kier alpha value is -1.08. The van der Waals surface area contributed by atoms with E-state index in [0.717, 1.165) is 36.6 Å². The van der Waals surface area contributed by atoms with Gasteiger partial charge in [0.1, 0.15) is 11.9 Å². The van der Waals surface area contributed by atoms with Gasteiger partial charge in [-0.3, -0.25) is 10.1 Å². The zero-order valence-corrected chi connectivity index (χ0v) is 12.8. The molecule has 1 aliphatic rings. The summed E-state index contributed by atoms with van der Waals surface area (Å²) < 4.78 is 1.89. The van der Waals surface area contributed by atoms with Crippen LogP contribution in [0.15, 0.2) is 11.5 Å². The molecule has 0 aromatic carbocycles. The highest BCUT2D eigenvalue weighted by atomic mass is 32.2. The Morgan fingerprint density at radius 1 is 1.60 bits per heavy atom. The van der Waals surface area contributed by atoms with Gasteiger partial charge in [-0.25, -0.2) is 0 Å². The van der Waals surface area contributed by atoms with E-state index in [1.807, 2.05) is 11.6 Å². The highest BCUT2D eigenvalue weighted by Crippen LogP contribution is 2.26. The monoisotopic (exact) mass is 298 g/mol. The summed E-state index contributed by atoms with van der Waals surface area (Å²) >= 11 is 1.66. The summed E-state index contributed by atoms with van der Waals surface area (Å²) in [5.41, 5.74) is -0.781. The average Bonchev–Trinajstić information content (AvgIpc) is 3.10. The maximum absolute atomic E-state index is 11.4. The van der Waals surface area contributed by atoms with Crippen LogP contribution in [0.1, 0.15) is 39.0 Å². The van der Waals surface area contributed by atoms with Crippen molar-refractivity contribution in [1.29, 1.82) is 0 Å². The van der Waals surface area contributed by atoms with Crippen molar-refractivity contribution in [2.24, 2.45) is 7.05 Å². The molecule has 2 rings (SSSR count). The Morgan fingerprint density at radius 2 is 2.35 bits per heavy atom. The van der Waals surface area contributed by atoms with Crippen LogP contribution in [0.3, 0.4) is 0 Å². The molecule has 6 nitrogen and oxygen atoms in total. The SMILES string of the molecule is Cn1cnnc1SCCCCC(C)(NC1CC1)C(=O)O. The molecule has 2 N–H and O–H groups in total. The van der Waals surface area contributed by atoms with Gasteiger partial charge in [-0.05, 0) is 32.6 Å². The number of hydrogen-bond acceptors (Lipinski definition) is 5. The molecule has 1 aliphatic carbocycles. The molecule has 0 radical (unpaired) electrons. The standard InChI is InChI=1S/C13H22N4O2S/c1-13(11(18)19,15-10-5-6-10)7-3-4-8-20-12-16-14-9-17(12)2/h9-10,15H,3-8H2,1-2H3,(H,18,19). The molecule has 1 atom stereocenters. The second-order valence-electron chi connectivity index (χ2n) is 5.59. The molecule has 0 amide bonds. The number of unbranched alkanes of at least 4 members (excludes halogenated alkanes) is 1. The number of rotatable bonds is 9. The van der Waals surface area contributed by atoms with E-state index >= 15 is 0 Å². The fourth-order valence-corrected chi connectivity index (χ4v) is 2.95. The number of aromatic nitrogens is 3. The zero-order valence-electron chi connectivity index (χ0n) is 12.0. The molecule has 0 bridgehead atoms. The summed E-state index contributed by atoms with van der Waals surface area (Å²) in [7, 11) is 1.92. The van der Waals surface area contributed by atoms with E-state index in [9.17, 15) is 9.90 Å². The Morgan fingerprint density at radius 3 is 2.90 bits per heavy atom.